The van der Waals surface area contributed by atoms with Gasteiger partial charge in [-0.05, 0) is 17.7 Å². The molecule has 1 nitrogen and oxygen atoms in total. The summed E-state index contributed by atoms with van der Waals surface area (Å²) < 4.78 is 2.02. The quantitative estimate of drug-likeness (QED) is 0.583. The molecule has 1 aromatic heterocycles. The van der Waals surface area contributed by atoms with Crippen LogP contribution in [-0.4, -0.2) is 4.57 Å². The summed E-state index contributed by atoms with van der Waals surface area (Å²) in [4.78, 5) is 0. The van der Waals surface area contributed by atoms with E-state index in [-0.39, 0.29) is 0 Å². The number of aromatic nitrogens is 1. The zero-order valence-electron chi connectivity index (χ0n) is 6.17. The van der Waals surface area contributed by atoms with Gasteiger partial charge in [-0.25, -0.2) is 0 Å². The molecular weight excluding hydrogens is 122 g/mol. The smallest absolute Gasteiger partial charge is 0.0471 e. The Morgan fingerprint density at radius 2 is 2.10 bits per heavy atom. The largest absolute Gasteiger partial charge is 0.351 e. The number of rotatable bonds is 2. The molecule has 0 aliphatic heterocycles. The van der Waals surface area contributed by atoms with E-state index in [1.165, 1.54) is 0 Å². The van der Waals surface area contributed by atoms with E-state index in [4.69, 9.17) is 0 Å². The van der Waals surface area contributed by atoms with E-state index in [0.29, 0.717) is 0 Å². The minimum Gasteiger partial charge on any atom is -0.351 e. The second-order valence-corrected chi connectivity index (χ2v) is 2.18. The lowest BCUT2D eigenvalue weighted by Crippen LogP contribution is -1.87. The van der Waals surface area contributed by atoms with Crippen LogP contribution in [0.2, 0.25) is 0 Å². The number of hydrogen-bond acceptors (Lipinski definition) is 0. The first-order valence-corrected chi connectivity index (χ1v) is 3.19. The van der Waals surface area contributed by atoms with Crippen LogP contribution in [0.15, 0.2) is 25.4 Å². The third-order valence-corrected chi connectivity index (χ3v) is 1.57. The molecule has 0 aromatic carbocycles. The van der Waals surface area contributed by atoms with Gasteiger partial charge in [0.1, 0.15) is 0 Å². The molecule has 0 saturated carbocycles. The van der Waals surface area contributed by atoms with Crippen molar-refractivity contribution >= 4 is 12.2 Å². The van der Waals surface area contributed by atoms with Crippen molar-refractivity contribution in [3.05, 3.63) is 36.7 Å². The first kappa shape index (κ1) is 6.87. The first-order valence-electron chi connectivity index (χ1n) is 3.19. The fraction of sp³-hybridized carbons (Fsp3) is 0.111. The van der Waals surface area contributed by atoms with Crippen LogP contribution in [0.4, 0.5) is 0 Å². The maximum absolute atomic E-state index is 3.70. The second kappa shape index (κ2) is 2.56. The van der Waals surface area contributed by atoms with Gasteiger partial charge in [-0.15, -0.1) is 0 Å². The lowest BCUT2D eigenvalue weighted by molar-refractivity contribution is 0.914. The van der Waals surface area contributed by atoms with Crippen LogP contribution < -0.4 is 0 Å². The van der Waals surface area contributed by atoms with Crippen LogP contribution in [0.5, 0.6) is 0 Å². The Labute approximate surface area is 61.3 Å². The van der Waals surface area contributed by atoms with Crippen LogP contribution in [0, 0.1) is 0 Å². The van der Waals surface area contributed by atoms with Gasteiger partial charge < -0.3 is 4.57 Å². The maximum atomic E-state index is 3.70. The maximum Gasteiger partial charge on any atom is 0.0471 e. The molecule has 52 valence electrons. The molecule has 10 heavy (non-hydrogen) atoms. The summed E-state index contributed by atoms with van der Waals surface area (Å²) in [5, 5.41) is 0. The minimum atomic E-state index is 1.12. The van der Waals surface area contributed by atoms with Gasteiger partial charge in [0, 0.05) is 18.9 Å². The fourth-order valence-corrected chi connectivity index (χ4v) is 0.996. The molecule has 1 rings (SSSR count). The normalized spacial score (nSPS) is 9.30. The van der Waals surface area contributed by atoms with E-state index in [1.54, 1.807) is 0 Å². The van der Waals surface area contributed by atoms with Crippen molar-refractivity contribution in [1.82, 2.24) is 4.57 Å². The highest BCUT2D eigenvalue weighted by atomic mass is 14.9. The monoisotopic (exact) mass is 133 g/mol. The third-order valence-electron chi connectivity index (χ3n) is 1.57. The molecule has 0 amide bonds. The van der Waals surface area contributed by atoms with Gasteiger partial charge in [-0.3, -0.25) is 0 Å². The molecule has 1 aromatic rings. The Morgan fingerprint density at radius 1 is 1.40 bits per heavy atom. The first-order chi connectivity index (χ1) is 4.79. The molecule has 0 unspecified atom stereocenters. The van der Waals surface area contributed by atoms with Gasteiger partial charge >= 0.3 is 0 Å². The van der Waals surface area contributed by atoms with Gasteiger partial charge in [0.15, 0.2) is 0 Å². The fourth-order valence-electron chi connectivity index (χ4n) is 0.996. The minimum absolute atomic E-state index is 1.12. The zero-order valence-corrected chi connectivity index (χ0v) is 6.17. The van der Waals surface area contributed by atoms with E-state index in [0.717, 1.165) is 11.3 Å². The predicted octanol–water partition coefficient (Wildman–Crippen LogP) is 2.31. The highest BCUT2D eigenvalue weighted by Gasteiger charge is 1.96. The summed E-state index contributed by atoms with van der Waals surface area (Å²) in [6.45, 7) is 7.40. The molecule has 0 saturated heterocycles. The molecule has 0 spiro atoms. The Bertz CT molecular complexity index is 256. The van der Waals surface area contributed by atoms with Crippen molar-refractivity contribution in [3.8, 4) is 0 Å². The van der Waals surface area contributed by atoms with E-state index < -0.39 is 0 Å². The molecule has 0 bridgehead atoms. The number of aryl methyl sites for hydroxylation is 1. The van der Waals surface area contributed by atoms with Gasteiger partial charge in [0.25, 0.3) is 0 Å². The van der Waals surface area contributed by atoms with Crippen molar-refractivity contribution in [2.75, 3.05) is 0 Å². The van der Waals surface area contributed by atoms with E-state index >= 15 is 0 Å². The highest BCUT2D eigenvalue weighted by Crippen LogP contribution is 2.11. The molecule has 0 N–H and O–H groups in total. The van der Waals surface area contributed by atoms with Gasteiger partial charge in [-0.2, -0.15) is 0 Å². The van der Waals surface area contributed by atoms with Gasteiger partial charge in [0.2, 0.25) is 0 Å². The summed E-state index contributed by atoms with van der Waals surface area (Å²) >= 11 is 0. The van der Waals surface area contributed by atoms with E-state index in [2.05, 4.69) is 13.2 Å². The van der Waals surface area contributed by atoms with Crippen LogP contribution in [0.25, 0.3) is 12.2 Å². The Hall–Kier alpha value is -1.24. The molecule has 0 atom stereocenters. The standard InChI is InChI=1S/C9H11N/c1-4-8-6-7-10(3)9(8)5-2/h4-7H,1-2H2,3H3. The van der Waals surface area contributed by atoms with Crippen molar-refractivity contribution in [2.24, 2.45) is 7.05 Å². The predicted molar refractivity (Wildman–Crippen MR) is 45.6 cm³/mol. The zero-order chi connectivity index (χ0) is 7.56. The molecular formula is C9H11N. The lowest BCUT2D eigenvalue weighted by atomic mass is 10.2. The van der Waals surface area contributed by atoms with Crippen LogP contribution in [0.3, 0.4) is 0 Å². The molecule has 0 aliphatic rings. The Morgan fingerprint density at radius 3 is 2.50 bits per heavy atom. The number of nitrogens with zero attached hydrogens (tertiary/aromatic N) is 1. The third kappa shape index (κ3) is 0.903. The average Bonchev–Trinajstić information content (AvgIpc) is 2.30. The van der Waals surface area contributed by atoms with Crippen molar-refractivity contribution in [1.29, 1.82) is 0 Å². The number of hydrogen-bond donors (Lipinski definition) is 0. The SMILES string of the molecule is C=Cc1ccn(C)c1C=C. The van der Waals surface area contributed by atoms with E-state index in [9.17, 15) is 0 Å². The molecule has 1 heterocycles. The van der Waals surface area contributed by atoms with E-state index in [1.807, 2.05) is 36.0 Å². The summed E-state index contributed by atoms with van der Waals surface area (Å²) in [5.41, 5.74) is 2.26. The molecule has 0 fully saturated rings. The summed E-state index contributed by atoms with van der Waals surface area (Å²) in [5.74, 6) is 0. The molecule has 0 aliphatic carbocycles. The molecule has 1 heteroatoms. The van der Waals surface area contributed by atoms with Crippen LogP contribution >= 0.6 is 0 Å². The topological polar surface area (TPSA) is 4.93 Å². The van der Waals surface area contributed by atoms with Gasteiger partial charge in [0.05, 0.1) is 0 Å². The van der Waals surface area contributed by atoms with Crippen LogP contribution in [0.1, 0.15) is 11.3 Å². The highest BCUT2D eigenvalue weighted by molar-refractivity contribution is 5.61. The van der Waals surface area contributed by atoms with Crippen molar-refractivity contribution in [2.45, 2.75) is 0 Å². The summed E-state index contributed by atoms with van der Waals surface area (Å²) in [7, 11) is 1.99. The Kier molecular flexibility index (Phi) is 1.76. The summed E-state index contributed by atoms with van der Waals surface area (Å²) in [6, 6.07) is 2.02. The second-order valence-electron chi connectivity index (χ2n) is 2.18. The Balaban J connectivity index is 3.25. The lowest BCUT2D eigenvalue weighted by Gasteiger charge is -1.96. The van der Waals surface area contributed by atoms with Crippen LogP contribution in [-0.2, 0) is 7.05 Å². The van der Waals surface area contributed by atoms with Gasteiger partial charge in [-0.1, -0.05) is 19.2 Å². The van der Waals surface area contributed by atoms with Crippen molar-refractivity contribution < 1.29 is 0 Å². The average molecular weight is 133 g/mol. The summed E-state index contributed by atoms with van der Waals surface area (Å²) in [6.07, 6.45) is 5.65. The van der Waals surface area contributed by atoms with Crippen molar-refractivity contribution in [3.63, 3.8) is 0 Å². The molecule has 0 radical (unpaired) electrons.